The second kappa shape index (κ2) is 5.74. The van der Waals surface area contributed by atoms with Crippen molar-refractivity contribution in [3.05, 3.63) is 42.0 Å². The Morgan fingerprint density at radius 1 is 1.16 bits per heavy atom. The van der Waals surface area contributed by atoms with Crippen LogP contribution in [0, 0.1) is 5.92 Å². The molecule has 0 saturated heterocycles. The lowest BCUT2D eigenvalue weighted by molar-refractivity contribution is 0.0458. The van der Waals surface area contributed by atoms with E-state index in [1.54, 1.807) is 13.2 Å². The average molecular weight is 258 g/mol. The third kappa shape index (κ3) is 2.87. The molecule has 0 aliphatic rings. The van der Waals surface area contributed by atoms with Gasteiger partial charge in [-0.2, -0.15) is 0 Å². The lowest BCUT2D eigenvalue weighted by Gasteiger charge is -2.12. The molecule has 2 aromatic carbocycles. The number of rotatable bonds is 4. The average Bonchev–Trinajstić information content (AvgIpc) is 2.43. The summed E-state index contributed by atoms with van der Waals surface area (Å²) in [5.74, 6) is 0.528. The number of carbonyl (C=O) groups excluding carboxylic acids is 1. The number of hydrogen-bond acceptors (Lipinski definition) is 3. The number of hydrogen-bond donors (Lipinski definition) is 0. The highest BCUT2D eigenvalue weighted by Crippen LogP contribution is 2.28. The van der Waals surface area contributed by atoms with Crippen molar-refractivity contribution in [3.63, 3.8) is 0 Å². The summed E-state index contributed by atoms with van der Waals surface area (Å²) in [7, 11) is 1.56. The molecule has 0 aromatic heterocycles. The molecular weight excluding hydrogens is 240 g/mol. The van der Waals surface area contributed by atoms with Crippen LogP contribution in [0.3, 0.4) is 0 Å². The van der Waals surface area contributed by atoms with E-state index in [2.05, 4.69) is 0 Å². The van der Waals surface area contributed by atoms with Gasteiger partial charge in [0.15, 0.2) is 0 Å². The minimum Gasteiger partial charge on any atom is -0.496 e. The minimum atomic E-state index is -0.331. The van der Waals surface area contributed by atoms with Crippen LogP contribution >= 0.6 is 0 Å². The van der Waals surface area contributed by atoms with Crippen LogP contribution in [0.1, 0.15) is 24.2 Å². The molecule has 0 aliphatic carbocycles. The second-order valence-corrected chi connectivity index (χ2v) is 4.86. The van der Waals surface area contributed by atoms with Gasteiger partial charge in [-0.05, 0) is 22.8 Å². The zero-order valence-electron chi connectivity index (χ0n) is 11.5. The highest BCUT2D eigenvalue weighted by molar-refractivity contribution is 6.07. The van der Waals surface area contributed by atoms with E-state index in [0.717, 1.165) is 10.8 Å². The van der Waals surface area contributed by atoms with Crippen molar-refractivity contribution in [2.75, 3.05) is 13.7 Å². The summed E-state index contributed by atoms with van der Waals surface area (Å²) in [6, 6.07) is 11.5. The molecule has 0 atom stereocenters. The maximum atomic E-state index is 12.2. The first-order valence-corrected chi connectivity index (χ1v) is 6.36. The molecular formula is C16H18O3. The smallest absolute Gasteiger partial charge is 0.342 e. The van der Waals surface area contributed by atoms with Crippen LogP contribution in [0.25, 0.3) is 10.8 Å². The van der Waals surface area contributed by atoms with Crippen molar-refractivity contribution in [3.8, 4) is 5.75 Å². The van der Waals surface area contributed by atoms with Gasteiger partial charge in [-0.15, -0.1) is 0 Å². The van der Waals surface area contributed by atoms with E-state index in [9.17, 15) is 4.79 Å². The van der Waals surface area contributed by atoms with Gasteiger partial charge in [0.1, 0.15) is 11.3 Å². The molecule has 0 spiro atoms. The van der Waals surface area contributed by atoms with Crippen molar-refractivity contribution in [1.82, 2.24) is 0 Å². The Bertz CT molecular complexity index is 588. The van der Waals surface area contributed by atoms with Crippen LogP contribution in [0.15, 0.2) is 36.4 Å². The van der Waals surface area contributed by atoms with E-state index in [1.807, 2.05) is 44.2 Å². The van der Waals surface area contributed by atoms with Gasteiger partial charge in [0, 0.05) is 0 Å². The summed E-state index contributed by atoms with van der Waals surface area (Å²) in [6.07, 6.45) is 0. The lowest BCUT2D eigenvalue weighted by atomic mass is 10.0. The minimum absolute atomic E-state index is 0.310. The van der Waals surface area contributed by atoms with Crippen LogP contribution < -0.4 is 4.74 Å². The monoisotopic (exact) mass is 258 g/mol. The zero-order chi connectivity index (χ0) is 13.8. The Balaban J connectivity index is 2.46. The Hall–Kier alpha value is -2.03. The largest absolute Gasteiger partial charge is 0.496 e. The van der Waals surface area contributed by atoms with Crippen LogP contribution in [-0.4, -0.2) is 19.7 Å². The van der Waals surface area contributed by atoms with E-state index in [-0.39, 0.29) is 5.97 Å². The molecule has 0 radical (unpaired) electrons. The molecule has 19 heavy (non-hydrogen) atoms. The van der Waals surface area contributed by atoms with Crippen molar-refractivity contribution in [1.29, 1.82) is 0 Å². The SMILES string of the molecule is COc1ccc2ccccc2c1C(=O)OCC(C)C. The molecule has 3 heteroatoms. The zero-order valence-corrected chi connectivity index (χ0v) is 11.5. The molecule has 0 unspecified atom stereocenters. The Kier molecular flexibility index (Phi) is 4.05. The summed E-state index contributed by atoms with van der Waals surface area (Å²) < 4.78 is 10.6. The summed E-state index contributed by atoms with van der Waals surface area (Å²) in [6.45, 7) is 4.42. The number of benzene rings is 2. The van der Waals surface area contributed by atoms with Gasteiger partial charge in [-0.1, -0.05) is 44.2 Å². The van der Waals surface area contributed by atoms with Crippen molar-refractivity contribution in [2.24, 2.45) is 5.92 Å². The first kappa shape index (κ1) is 13.4. The molecule has 2 aromatic rings. The van der Waals surface area contributed by atoms with Gasteiger partial charge in [0.05, 0.1) is 13.7 Å². The molecule has 3 nitrogen and oxygen atoms in total. The Labute approximate surface area is 113 Å². The standard InChI is InChI=1S/C16H18O3/c1-11(2)10-19-16(17)15-13-7-5-4-6-12(13)8-9-14(15)18-3/h4-9,11H,10H2,1-3H3. The first-order valence-electron chi connectivity index (χ1n) is 6.36. The van der Waals surface area contributed by atoms with Crippen LogP contribution in [-0.2, 0) is 4.74 Å². The number of ether oxygens (including phenoxy) is 2. The van der Waals surface area contributed by atoms with E-state index in [0.29, 0.717) is 23.8 Å². The first-order chi connectivity index (χ1) is 9.13. The van der Waals surface area contributed by atoms with E-state index in [4.69, 9.17) is 9.47 Å². The van der Waals surface area contributed by atoms with Gasteiger partial charge in [0.2, 0.25) is 0 Å². The van der Waals surface area contributed by atoms with Gasteiger partial charge in [-0.3, -0.25) is 0 Å². The Morgan fingerprint density at radius 3 is 2.58 bits per heavy atom. The number of fused-ring (bicyclic) bond motifs is 1. The summed E-state index contributed by atoms with van der Waals surface area (Å²) in [4.78, 5) is 12.2. The highest BCUT2D eigenvalue weighted by atomic mass is 16.5. The maximum Gasteiger partial charge on any atom is 0.342 e. The molecule has 0 fully saturated rings. The van der Waals surface area contributed by atoms with E-state index < -0.39 is 0 Å². The molecule has 100 valence electrons. The van der Waals surface area contributed by atoms with Crippen LogP contribution in [0.2, 0.25) is 0 Å². The number of esters is 1. The second-order valence-electron chi connectivity index (χ2n) is 4.86. The van der Waals surface area contributed by atoms with Gasteiger partial charge < -0.3 is 9.47 Å². The van der Waals surface area contributed by atoms with E-state index >= 15 is 0 Å². The van der Waals surface area contributed by atoms with Crippen molar-refractivity contribution < 1.29 is 14.3 Å². The molecule has 0 saturated carbocycles. The van der Waals surface area contributed by atoms with Gasteiger partial charge >= 0.3 is 5.97 Å². The fourth-order valence-electron chi connectivity index (χ4n) is 1.95. The Morgan fingerprint density at radius 2 is 1.89 bits per heavy atom. The van der Waals surface area contributed by atoms with E-state index in [1.165, 1.54) is 0 Å². The van der Waals surface area contributed by atoms with Crippen molar-refractivity contribution >= 4 is 16.7 Å². The molecule has 0 heterocycles. The lowest BCUT2D eigenvalue weighted by Crippen LogP contribution is -2.11. The fourth-order valence-corrected chi connectivity index (χ4v) is 1.95. The van der Waals surface area contributed by atoms with Crippen LogP contribution in [0.5, 0.6) is 5.75 Å². The quantitative estimate of drug-likeness (QED) is 0.785. The van der Waals surface area contributed by atoms with Crippen molar-refractivity contribution in [2.45, 2.75) is 13.8 Å². The molecule has 0 amide bonds. The predicted molar refractivity (Wildman–Crippen MR) is 75.6 cm³/mol. The molecule has 0 aliphatic heterocycles. The summed E-state index contributed by atoms with van der Waals surface area (Å²) in [5.41, 5.74) is 0.501. The van der Waals surface area contributed by atoms with Gasteiger partial charge in [0.25, 0.3) is 0 Å². The third-order valence-corrected chi connectivity index (χ3v) is 2.86. The molecule has 0 bridgehead atoms. The topological polar surface area (TPSA) is 35.5 Å². The molecule has 0 N–H and O–H groups in total. The maximum absolute atomic E-state index is 12.2. The summed E-state index contributed by atoms with van der Waals surface area (Å²) >= 11 is 0. The fraction of sp³-hybridized carbons (Fsp3) is 0.312. The number of methoxy groups -OCH3 is 1. The number of carbonyl (C=O) groups is 1. The molecule has 2 rings (SSSR count). The highest BCUT2D eigenvalue weighted by Gasteiger charge is 2.17. The normalized spacial score (nSPS) is 10.7. The predicted octanol–water partition coefficient (Wildman–Crippen LogP) is 3.66. The van der Waals surface area contributed by atoms with Gasteiger partial charge in [-0.25, -0.2) is 4.79 Å². The van der Waals surface area contributed by atoms with Crippen LogP contribution in [0.4, 0.5) is 0 Å². The third-order valence-electron chi connectivity index (χ3n) is 2.86. The summed E-state index contributed by atoms with van der Waals surface area (Å²) in [5, 5.41) is 1.86.